The smallest absolute Gasteiger partial charge is 0.127 e. The van der Waals surface area contributed by atoms with Gasteiger partial charge in [0.15, 0.2) is 0 Å². The molecule has 1 atom stereocenters. The summed E-state index contributed by atoms with van der Waals surface area (Å²) in [7, 11) is 3.40. The summed E-state index contributed by atoms with van der Waals surface area (Å²) < 4.78 is 10.9. The van der Waals surface area contributed by atoms with E-state index in [2.05, 4.69) is 10.6 Å². The molecular weight excluding hydrogens is 252 g/mol. The van der Waals surface area contributed by atoms with E-state index in [1.54, 1.807) is 14.2 Å². The van der Waals surface area contributed by atoms with Gasteiger partial charge < -0.3 is 20.1 Å². The fraction of sp³-hybridized carbons (Fsp3) is 0.538. The minimum Gasteiger partial charge on any atom is -0.496 e. The summed E-state index contributed by atoms with van der Waals surface area (Å²) in [6, 6.07) is 4.34. The summed E-state index contributed by atoms with van der Waals surface area (Å²) in [5, 5.41) is 6.86. The van der Waals surface area contributed by atoms with Gasteiger partial charge in [-0.25, -0.2) is 0 Å². The van der Waals surface area contributed by atoms with Crippen molar-refractivity contribution in [2.24, 2.45) is 0 Å². The van der Waals surface area contributed by atoms with Crippen molar-refractivity contribution in [1.29, 1.82) is 0 Å². The fourth-order valence-electron chi connectivity index (χ4n) is 2.27. The van der Waals surface area contributed by atoms with Gasteiger partial charge in [0.2, 0.25) is 0 Å². The van der Waals surface area contributed by atoms with Crippen molar-refractivity contribution in [3.8, 4) is 11.5 Å². The second-order valence-electron chi connectivity index (χ2n) is 4.29. The summed E-state index contributed by atoms with van der Waals surface area (Å²) >= 11 is 0. The highest BCUT2D eigenvalue weighted by Gasteiger charge is 2.22. The molecule has 0 bridgehead atoms. The Morgan fingerprint density at radius 1 is 1.11 bits per heavy atom. The van der Waals surface area contributed by atoms with E-state index in [-0.39, 0.29) is 18.4 Å². The molecule has 0 unspecified atom stereocenters. The molecule has 5 heteroatoms. The van der Waals surface area contributed by atoms with Crippen molar-refractivity contribution in [2.45, 2.75) is 13.0 Å². The second-order valence-corrected chi connectivity index (χ2v) is 4.29. The van der Waals surface area contributed by atoms with Gasteiger partial charge in [-0.05, 0) is 24.6 Å². The van der Waals surface area contributed by atoms with Gasteiger partial charge in [0.25, 0.3) is 0 Å². The Hall–Kier alpha value is -0.970. The van der Waals surface area contributed by atoms with E-state index in [4.69, 9.17) is 9.47 Å². The van der Waals surface area contributed by atoms with Gasteiger partial charge in [-0.1, -0.05) is 0 Å². The van der Waals surface area contributed by atoms with Crippen LogP contribution in [0, 0.1) is 6.92 Å². The van der Waals surface area contributed by atoms with Crippen LogP contribution in [-0.2, 0) is 0 Å². The maximum Gasteiger partial charge on any atom is 0.127 e. The van der Waals surface area contributed by atoms with E-state index < -0.39 is 0 Å². The predicted molar refractivity (Wildman–Crippen MR) is 75.1 cm³/mol. The Morgan fingerprint density at radius 3 is 2.17 bits per heavy atom. The maximum absolute atomic E-state index is 5.47. The predicted octanol–water partition coefficient (Wildman–Crippen LogP) is 1.67. The fourth-order valence-corrected chi connectivity index (χ4v) is 2.27. The van der Waals surface area contributed by atoms with E-state index in [9.17, 15) is 0 Å². The first-order chi connectivity index (χ1) is 8.26. The minimum absolute atomic E-state index is 0. The molecule has 1 fully saturated rings. The van der Waals surface area contributed by atoms with Crippen molar-refractivity contribution < 1.29 is 9.47 Å². The number of aryl methyl sites for hydroxylation is 1. The molecule has 102 valence electrons. The number of hydrogen-bond acceptors (Lipinski definition) is 4. The zero-order chi connectivity index (χ0) is 12.3. The first-order valence-electron chi connectivity index (χ1n) is 5.93. The highest BCUT2D eigenvalue weighted by molar-refractivity contribution is 5.85. The molecule has 0 aromatic heterocycles. The van der Waals surface area contributed by atoms with Crippen LogP contribution in [0.1, 0.15) is 17.2 Å². The normalized spacial score (nSPS) is 18.9. The third-order valence-electron chi connectivity index (χ3n) is 3.08. The topological polar surface area (TPSA) is 42.5 Å². The summed E-state index contributed by atoms with van der Waals surface area (Å²) in [5.41, 5.74) is 2.25. The van der Waals surface area contributed by atoms with E-state index in [1.165, 1.54) is 0 Å². The number of rotatable bonds is 3. The van der Waals surface area contributed by atoms with E-state index in [0.29, 0.717) is 0 Å². The van der Waals surface area contributed by atoms with Crippen molar-refractivity contribution in [3.63, 3.8) is 0 Å². The van der Waals surface area contributed by atoms with E-state index >= 15 is 0 Å². The van der Waals surface area contributed by atoms with Gasteiger partial charge >= 0.3 is 0 Å². The van der Waals surface area contributed by atoms with Crippen LogP contribution in [0.3, 0.4) is 0 Å². The lowest BCUT2D eigenvalue weighted by Crippen LogP contribution is -2.42. The maximum atomic E-state index is 5.47. The average molecular weight is 273 g/mol. The van der Waals surface area contributed by atoms with Crippen LogP contribution < -0.4 is 20.1 Å². The molecule has 0 aliphatic carbocycles. The molecule has 1 aromatic carbocycles. The summed E-state index contributed by atoms with van der Waals surface area (Å²) in [6.45, 7) is 4.91. The lowest BCUT2D eigenvalue weighted by Gasteiger charge is -2.27. The lowest BCUT2D eigenvalue weighted by atomic mass is 10.0. The number of piperazine rings is 1. The van der Waals surface area contributed by atoms with Crippen LogP contribution >= 0.6 is 12.4 Å². The third-order valence-corrected chi connectivity index (χ3v) is 3.08. The lowest BCUT2D eigenvalue weighted by molar-refractivity contribution is 0.354. The molecule has 1 heterocycles. The number of benzene rings is 1. The molecule has 18 heavy (non-hydrogen) atoms. The van der Waals surface area contributed by atoms with Crippen molar-refractivity contribution >= 4 is 12.4 Å². The molecule has 2 rings (SSSR count). The second kappa shape index (κ2) is 6.83. The Bertz CT molecular complexity index is 368. The van der Waals surface area contributed by atoms with Crippen LogP contribution in [-0.4, -0.2) is 33.9 Å². The largest absolute Gasteiger partial charge is 0.496 e. The highest BCUT2D eigenvalue weighted by Crippen LogP contribution is 2.35. The molecule has 4 nitrogen and oxygen atoms in total. The molecular formula is C13H21ClN2O2. The highest BCUT2D eigenvalue weighted by atomic mass is 35.5. The van der Waals surface area contributed by atoms with Gasteiger partial charge in [0.1, 0.15) is 11.5 Å². The Kier molecular flexibility index (Phi) is 5.72. The van der Waals surface area contributed by atoms with Crippen LogP contribution in [0.4, 0.5) is 0 Å². The van der Waals surface area contributed by atoms with Crippen molar-refractivity contribution in [3.05, 3.63) is 23.3 Å². The van der Waals surface area contributed by atoms with Crippen LogP contribution in [0.25, 0.3) is 0 Å². The van der Waals surface area contributed by atoms with Crippen LogP contribution in [0.2, 0.25) is 0 Å². The van der Waals surface area contributed by atoms with Gasteiger partial charge in [0.05, 0.1) is 25.8 Å². The zero-order valence-electron chi connectivity index (χ0n) is 11.1. The molecule has 1 saturated heterocycles. The number of ether oxygens (including phenoxy) is 2. The quantitative estimate of drug-likeness (QED) is 0.878. The number of hydrogen-bond donors (Lipinski definition) is 2. The summed E-state index contributed by atoms with van der Waals surface area (Å²) in [4.78, 5) is 0. The molecule has 0 saturated carbocycles. The number of methoxy groups -OCH3 is 2. The molecule has 0 radical (unpaired) electrons. The average Bonchev–Trinajstić information content (AvgIpc) is 2.38. The zero-order valence-corrected chi connectivity index (χ0v) is 11.9. The summed E-state index contributed by atoms with van der Waals surface area (Å²) in [6.07, 6.45) is 0. The van der Waals surface area contributed by atoms with Crippen LogP contribution in [0.15, 0.2) is 12.1 Å². The Labute approximate surface area is 114 Å². The van der Waals surface area contributed by atoms with Gasteiger partial charge in [-0.15, -0.1) is 12.4 Å². The molecule has 0 spiro atoms. The Morgan fingerprint density at radius 2 is 1.72 bits per heavy atom. The first kappa shape index (κ1) is 15.1. The SMILES string of the molecule is COc1cc(C)cc(OC)c1[C@@H]1CNCCN1.Cl. The van der Waals surface area contributed by atoms with Gasteiger partial charge in [0, 0.05) is 19.6 Å². The molecule has 1 aliphatic rings. The third kappa shape index (κ3) is 3.07. The van der Waals surface area contributed by atoms with Gasteiger partial charge in [-0.3, -0.25) is 0 Å². The number of halogens is 1. The molecule has 2 N–H and O–H groups in total. The standard InChI is InChI=1S/C13H20N2O2.ClH/c1-9-6-11(16-2)13(12(7-9)17-3)10-8-14-4-5-15-10;/h6-7,10,14-15H,4-5,8H2,1-3H3;1H/t10-;/m0./s1. The minimum atomic E-state index is 0. The molecule has 1 aliphatic heterocycles. The Balaban J connectivity index is 0.00000162. The monoisotopic (exact) mass is 272 g/mol. The van der Waals surface area contributed by atoms with E-state index in [1.807, 2.05) is 19.1 Å². The number of nitrogens with one attached hydrogen (secondary N) is 2. The summed E-state index contributed by atoms with van der Waals surface area (Å²) in [5.74, 6) is 1.78. The van der Waals surface area contributed by atoms with Crippen LogP contribution in [0.5, 0.6) is 11.5 Å². The molecule has 0 amide bonds. The first-order valence-corrected chi connectivity index (χ1v) is 5.93. The van der Waals surface area contributed by atoms with Crippen molar-refractivity contribution in [2.75, 3.05) is 33.9 Å². The van der Waals surface area contributed by atoms with Gasteiger partial charge in [-0.2, -0.15) is 0 Å². The molecule has 1 aromatic rings. The van der Waals surface area contributed by atoms with E-state index in [0.717, 1.165) is 42.3 Å². The van der Waals surface area contributed by atoms with Crippen molar-refractivity contribution in [1.82, 2.24) is 10.6 Å².